The third kappa shape index (κ3) is 4.52. The number of hydrogen-bond donors (Lipinski definition) is 2. The number of nitrogens with one attached hydrogen (secondary N) is 1. The summed E-state index contributed by atoms with van der Waals surface area (Å²) in [6.07, 6.45) is 3.76. The third-order valence-corrected chi connectivity index (χ3v) is 10.8. The number of aromatic nitrogens is 2. The zero-order chi connectivity index (χ0) is 30.8. The normalized spacial score (nSPS) is 22.9. The number of fused-ring (bicyclic) bond motifs is 6. The Bertz CT molecular complexity index is 1860. The van der Waals surface area contributed by atoms with E-state index < -0.39 is 18.3 Å². The van der Waals surface area contributed by atoms with Gasteiger partial charge in [-0.15, -0.1) is 11.3 Å². The van der Waals surface area contributed by atoms with Gasteiger partial charge in [0, 0.05) is 59.0 Å². The minimum atomic E-state index is -0.717. The lowest BCUT2D eigenvalue weighted by Crippen LogP contribution is -2.52. The second-order valence-corrected chi connectivity index (χ2v) is 13.3. The molecule has 2 bridgehead atoms. The molecule has 3 fully saturated rings. The molecule has 6 heterocycles. The van der Waals surface area contributed by atoms with Gasteiger partial charge in [-0.3, -0.25) is 4.90 Å². The summed E-state index contributed by atoms with van der Waals surface area (Å²) >= 11 is 1.17. The first kappa shape index (κ1) is 28.8. The number of piperazine rings is 1. The van der Waals surface area contributed by atoms with Crippen LogP contribution in [0.4, 0.5) is 24.0 Å². The van der Waals surface area contributed by atoms with Crippen molar-refractivity contribution in [3.05, 3.63) is 40.5 Å². The van der Waals surface area contributed by atoms with Crippen LogP contribution in [0.3, 0.4) is 0 Å². The first-order valence-electron chi connectivity index (χ1n) is 15.4. The van der Waals surface area contributed by atoms with Crippen molar-refractivity contribution in [1.29, 1.82) is 5.26 Å². The quantitative estimate of drug-likeness (QED) is 0.289. The number of halogens is 3. The monoisotopic (exact) mass is 635 g/mol. The number of nitrogens with zero attached hydrogens (tertiary/aromatic N) is 5. The van der Waals surface area contributed by atoms with Crippen molar-refractivity contribution in [2.75, 3.05) is 50.1 Å². The summed E-state index contributed by atoms with van der Waals surface area (Å²) in [5.74, 6) is -0.783. The van der Waals surface area contributed by atoms with Gasteiger partial charge in [0.1, 0.15) is 41.5 Å². The minimum Gasteiger partial charge on any atom is -0.462 e. The average molecular weight is 636 g/mol. The summed E-state index contributed by atoms with van der Waals surface area (Å²) in [7, 11) is 0. The van der Waals surface area contributed by atoms with Crippen molar-refractivity contribution < 1.29 is 22.6 Å². The molecule has 4 aliphatic rings. The molecule has 2 aromatic heterocycles. The zero-order valence-corrected chi connectivity index (χ0v) is 25.4. The van der Waals surface area contributed by atoms with E-state index >= 15 is 8.78 Å². The third-order valence-electron chi connectivity index (χ3n) is 9.85. The lowest BCUT2D eigenvalue weighted by atomic mass is 9.90. The summed E-state index contributed by atoms with van der Waals surface area (Å²) in [4.78, 5) is 13.9. The van der Waals surface area contributed by atoms with E-state index in [0.717, 1.165) is 45.3 Å². The number of likely N-dealkylation sites (tertiary alicyclic amines) is 1. The highest BCUT2D eigenvalue weighted by Gasteiger charge is 2.41. The molecule has 45 heavy (non-hydrogen) atoms. The molecule has 0 radical (unpaired) electrons. The molecule has 9 nitrogen and oxygen atoms in total. The lowest BCUT2D eigenvalue weighted by Gasteiger charge is -2.37. The lowest BCUT2D eigenvalue weighted by molar-refractivity contribution is 0.135. The van der Waals surface area contributed by atoms with Gasteiger partial charge >= 0.3 is 6.01 Å². The molecule has 4 aliphatic heterocycles. The van der Waals surface area contributed by atoms with Crippen LogP contribution in [0.2, 0.25) is 0 Å². The second-order valence-electron chi connectivity index (χ2n) is 12.2. The van der Waals surface area contributed by atoms with Crippen LogP contribution in [0.1, 0.15) is 42.4 Å². The van der Waals surface area contributed by atoms with Crippen molar-refractivity contribution in [1.82, 2.24) is 20.2 Å². The molecule has 0 saturated carbocycles. The van der Waals surface area contributed by atoms with Crippen LogP contribution in [0.25, 0.3) is 32.1 Å². The molecule has 234 valence electrons. The van der Waals surface area contributed by atoms with Crippen LogP contribution >= 0.6 is 11.3 Å². The van der Waals surface area contributed by atoms with Gasteiger partial charge in [0.05, 0.1) is 24.2 Å². The summed E-state index contributed by atoms with van der Waals surface area (Å²) in [5.41, 5.74) is 7.54. The average Bonchev–Trinajstić information content (AvgIpc) is 3.82. The number of nitriles is 1. The maximum Gasteiger partial charge on any atom is 0.319 e. The van der Waals surface area contributed by atoms with Gasteiger partial charge in [0.15, 0.2) is 5.82 Å². The number of hydrogen-bond acceptors (Lipinski definition) is 10. The molecule has 4 aromatic rings. The first-order valence-corrected chi connectivity index (χ1v) is 16.3. The van der Waals surface area contributed by atoms with Crippen LogP contribution < -0.4 is 20.7 Å². The fourth-order valence-corrected chi connectivity index (χ4v) is 8.75. The van der Waals surface area contributed by atoms with Crippen molar-refractivity contribution in [3.8, 4) is 23.2 Å². The Morgan fingerprint density at radius 3 is 2.67 bits per heavy atom. The number of anilines is 2. The summed E-state index contributed by atoms with van der Waals surface area (Å²) in [6.45, 7) is 2.76. The van der Waals surface area contributed by atoms with Gasteiger partial charge in [0.2, 0.25) is 0 Å². The van der Waals surface area contributed by atoms with Crippen LogP contribution in [0, 0.1) is 23.0 Å². The van der Waals surface area contributed by atoms with E-state index in [1.165, 1.54) is 17.4 Å². The number of nitrogens with two attached hydrogens (primary N) is 1. The van der Waals surface area contributed by atoms with Gasteiger partial charge < -0.3 is 25.4 Å². The molecule has 0 spiro atoms. The van der Waals surface area contributed by atoms with Gasteiger partial charge in [-0.05, 0) is 55.5 Å². The number of alkyl halides is 1. The highest BCUT2D eigenvalue weighted by Crippen LogP contribution is 2.48. The Morgan fingerprint density at radius 2 is 1.89 bits per heavy atom. The van der Waals surface area contributed by atoms with Gasteiger partial charge in [0.25, 0.3) is 0 Å². The van der Waals surface area contributed by atoms with Crippen molar-refractivity contribution >= 4 is 43.1 Å². The Balaban J connectivity index is 1.35. The molecule has 2 aromatic carbocycles. The second kappa shape index (κ2) is 11.3. The van der Waals surface area contributed by atoms with Crippen molar-refractivity contribution in [2.45, 2.75) is 57.0 Å². The molecule has 2 unspecified atom stereocenters. The van der Waals surface area contributed by atoms with E-state index in [1.54, 1.807) is 6.07 Å². The topological polar surface area (TPSA) is 113 Å². The minimum absolute atomic E-state index is 0.00726. The Labute approximate surface area is 261 Å². The highest BCUT2D eigenvalue weighted by molar-refractivity contribution is 7.23. The zero-order valence-electron chi connectivity index (χ0n) is 24.5. The largest absolute Gasteiger partial charge is 0.462 e. The molecule has 0 amide bonds. The van der Waals surface area contributed by atoms with Crippen LogP contribution in [-0.4, -0.2) is 72.5 Å². The van der Waals surface area contributed by atoms with E-state index in [9.17, 15) is 9.65 Å². The standard InChI is InChI=1S/C32H32F3N7O2S/c33-7-9-41-8-1-2-18(41)13-44-32-39-29-26(31(40-32)42-16-3-4-17(42)12-38-11-16)21-15-43-14-20(21)25(28(29)35)27-22(34)5-6-23-24(27)19(10-36)30(37)45-23/h5-6,16-18,38H,1-4,7-9,11-15,37H2/t16?,17?,18-/m0/s1. The van der Waals surface area contributed by atoms with E-state index in [-0.39, 0.29) is 76.6 Å². The van der Waals surface area contributed by atoms with Gasteiger partial charge in [-0.1, -0.05) is 0 Å². The van der Waals surface area contributed by atoms with Crippen LogP contribution in [0.15, 0.2) is 12.1 Å². The molecule has 3 saturated heterocycles. The maximum atomic E-state index is 17.2. The number of rotatable bonds is 7. The maximum absolute atomic E-state index is 17.2. The molecule has 3 atom stereocenters. The van der Waals surface area contributed by atoms with E-state index in [2.05, 4.69) is 26.2 Å². The van der Waals surface area contributed by atoms with Crippen LogP contribution in [-0.2, 0) is 18.0 Å². The summed E-state index contributed by atoms with van der Waals surface area (Å²) in [5, 5.41) is 14.5. The summed E-state index contributed by atoms with van der Waals surface area (Å²) < 4.78 is 59.0. The molecule has 0 aliphatic carbocycles. The van der Waals surface area contributed by atoms with Crippen molar-refractivity contribution in [3.63, 3.8) is 0 Å². The fourth-order valence-electron chi connectivity index (χ4n) is 7.83. The van der Waals surface area contributed by atoms with Gasteiger partial charge in [-0.2, -0.15) is 15.2 Å². The SMILES string of the molecule is N#Cc1c(N)sc2ccc(F)c(-c3c4c(c5c(N6C7CCC6CNC7)nc(OC[C@@H]6CCCN6CCF)nc5c3F)COC4)c12. The van der Waals surface area contributed by atoms with Crippen LogP contribution in [0.5, 0.6) is 6.01 Å². The summed E-state index contributed by atoms with van der Waals surface area (Å²) in [6, 6.07) is 5.31. The first-order chi connectivity index (χ1) is 22.0. The number of ether oxygens (including phenoxy) is 2. The number of thiophene rings is 1. The van der Waals surface area contributed by atoms with E-state index in [4.69, 9.17) is 20.2 Å². The predicted octanol–water partition coefficient (Wildman–Crippen LogP) is 5.03. The number of nitrogen functional groups attached to an aromatic ring is 1. The molecule has 13 heteroatoms. The molecular formula is C32H32F3N7O2S. The molecule has 3 N–H and O–H groups in total. The highest BCUT2D eigenvalue weighted by atomic mass is 32.1. The Kier molecular flexibility index (Phi) is 7.20. The fraction of sp³-hybridized carbons (Fsp3) is 0.469. The number of benzene rings is 2. The van der Waals surface area contributed by atoms with E-state index in [0.29, 0.717) is 33.6 Å². The Morgan fingerprint density at radius 1 is 1.09 bits per heavy atom. The Hall–Kier alpha value is -3.70. The van der Waals surface area contributed by atoms with Gasteiger partial charge in [-0.25, -0.2) is 13.2 Å². The van der Waals surface area contributed by atoms with E-state index in [1.807, 2.05) is 0 Å². The van der Waals surface area contributed by atoms with Crippen molar-refractivity contribution in [2.24, 2.45) is 0 Å². The smallest absolute Gasteiger partial charge is 0.319 e. The predicted molar refractivity (Wildman–Crippen MR) is 166 cm³/mol. The molecule has 8 rings (SSSR count). The molecular weight excluding hydrogens is 603 g/mol.